The molecule has 0 radical (unpaired) electrons. The number of aryl methyl sites for hydroxylation is 1. The summed E-state index contributed by atoms with van der Waals surface area (Å²) in [5.41, 5.74) is 0.648. The van der Waals surface area contributed by atoms with E-state index in [1.165, 1.54) is 23.0 Å². The van der Waals surface area contributed by atoms with Crippen molar-refractivity contribution in [2.75, 3.05) is 0 Å². The van der Waals surface area contributed by atoms with E-state index in [-0.39, 0.29) is 5.56 Å². The van der Waals surface area contributed by atoms with E-state index in [9.17, 15) is 9.50 Å². The van der Waals surface area contributed by atoms with Crippen molar-refractivity contribution in [1.82, 2.24) is 15.0 Å². The van der Waals surface area contributed by atoms with E-state index < -0.39 is 11.9 Å². The molecule has 16 heavy (non-hydrogen) atoms. The number of hydrogen-bond acceptors (Lipinski definition) is 3. The molecular weight excluding hydrogens is 277 g/mol. The van der Waals surface area contributed by atoms with Crippen LogP contribution in [0, 0.1) is 5.82 Å². The number of aliphatic hydroxyl groups is 1. The van der Waals surface area contributed by atoms with Gasteiger partial charge in [-0.2, -0.15) is 0 Å². The van der Waals surface area contributed by atoms with Crippen LogP contribution in [0.3, 0.4) is 0 Å². The molecule has 0 aliphatic rings. The van der Waals surface area contributed by atoms with Gasteiger partial charge in [0.1, 0.15) is 11.9 Å². The van der Waals surface area contributed by atoms with Gasteiger partial charge in [0, 0.05) is 17.1 Å². The highest BCUT2D eigenvalue weighted by atomic mass is 79.9. The van der Waals surface area contributed by atoms with E-state index in [1.807, 2.05) is 0 Å². The first kappa shape index (κ1) is 11.2. The van der Waals surface area contributed by atoms with E-state index in [0.717, 1.165) is 0 Å². The second-order valence-corrected chi connectivity index (χ2v) is 4.27. The van der Waals surface area contributed by atoms with Crippen LogP contribution in [0.25, 0.3) is 0 Å². The van der Waals surface area contributed by atoms with Gasteiger partial charge in [-0.05, 0) is 12.1 Å². The Labute approximate surface area is 99.8 Å². The third-order valence-corrected chi connectivity index (χ3v) is 2.78. The van der Waals surface area contributed by atoms with Crippen LogP contribution in [0.5, 0.6) is 0 Å². The molecule has 1 atom stereocenters. The van der Waals surface area contributed by atoms with Crippen LogP contribution in [0.2, 0.25) is 0 Å². The lowest BCUT2D eigenvalue weighted by Crippen LogP contribution is -2.08. The molecule has 1 aromatic carbocycles. The van der Waals surface area contributed by atoms with Crippen LogP contribution in [0.4, 0.5) is 4.39 Å². The van der Waals surface area contributed by atoms with Gasteiger partial charge in [-0.1, -0.05) is 27.2 Å². The average Bonchev–Trinajstić information content (AvgIpc) is 2.63. The quantitative estimate of drug-likeness (QED) is 0.915. The second kappa shape index (κ2) is 4.31. The molecule has 84 valence electrons. The van der Waals surface area contributed by atoms with Gasteiger partial charge in [0.2, 0.25) is 0 Å². The maximum atomic E-state index is 13.6. The zero-order valence-corrected chi connectivity index (χ0v) is 10.0. The first-order valence-corrected chi connectivity index (χ1v) is 5.36. The van der Waals surface area contributed by atoms with Gasteiger partial charge in [-0.25, -0.2) is 9.07 Å². The van der Waals surface area contributed by atoms with Crippen LogP contribution < -0.4 is 0 Å². The van der Waals surface area contributed by atoms with Crippen LogP contribution in [-0.2, 0) is 7.05 Å². The summed E-state index contributed by atoms with van der Waals surface area (Å²) in [6.07, 6.45) is 0.347. The predicted octanol–water partition coefficient (Wildman–Crippen LogP) is 1.80. The zero-order valence-electron chi connectivity index (χ0n) is 8.43. The molecule has 0 fully saturated rings. The maximum absolute atomic E-state index is 13.6. The highest BCUT2D eigenvalue weighted by molar-refractivity contribution is 9.10. The average molecular weight is 286 g/mol. The van der Waals surface area contributed by atoms with E-state index in [2.05, 4.69) is 26.2 Å². The van der Waals surface area contributed by atoms with Crippen LogP contribution in [0.15, 0.2) is 28.9 Å². The van der Waals surface area contributed by atoms with E-state index in [1.54, 1.807) is 13.1 Å². The van der Waals surface area contributed by atoms with Crippen molar-refractivity contribution in [2.45, 2.75) is 6.10 Å². The molecule has 2 rings (SSSR count). The normalized spacial score (nSPS) is 12.8. The third-order valence-electron chi connectivity index (χ3n) is 2.29. The van der Waals surface area contributed by atoms with E-state index in [4.69, 9.17) is 0 Å². The van der Waals surface area contributed by atoms with Crippen molar-refractivity contribution >= 4 is 15.9 Å². The first-order chi connectivity index (χ1) is 7.59. The molecule has 2 aromatic rings. The molecule has 1 N–H and O–H groups in total. The smallest absolute Gasteiger partial charge is 0.130 e. The van der Waals surface area contributed by atoms with Crippen LogP contribution >= 0.6 is 15.9 Å². The minimum absolute atomic E-state index is 0.202. The maximum Gasteiger partial charge on any atom is 0.130 e. The zero-order chi connectivity index (χ0) is 11.7. The van der Waals surface area contributed by atoms with Gasteiger partial charge in [0.05, 0.1) is 11.9 Å². The summed E-state index contributed by atoms with van der Waals surface area (Å²) < 4.78 is 15.6. The molecule has 1 aromatic heterocycles. The summed E-state index contributed by atoms with van der Waals surface area (Å²) >= 11 is 3.16. The van der Waals surface area contributed by atoms with Gasteiger partial charge in [-0.3, -0.25) is 0 Å². The Morgan fingerprint density at radius 2 is 2.25 bits per heavy atom. The molecule has 0 saturated heterocycles. The number of aliphatic hydroxyl groups excluding tert-OH is 1. The summed E-state index contributed by atoms with van der Waals surface area (Å²) in [5, 5.41) is 17.3. The molecule has 0 amide bonds. The Bertz CT molecular complexity index is 515. The standard InChI is InChI=1S/C10H9BrFN3O/c1-15-9(5-13-14-15)10(16)7-3-2-6(11)4-8(7)12/h2-5,10,16H,1H3. The molecule has 0 spiro atoms. The Balaban J connectivity index is 2.41. The Morgan fingerprint density at radius 1 is 1.50 bits per heavy atom. The van der Waals surface area contributed by atoms with Crippen molar-refractivity contribution in [2.24, 2.45) is 7.05 Å². The van der Waals surface area contributed by atoms with Gasteiger partial charge in [0.15, 0.2) is 0 Å². The summed E-state index contributed by atoms with van der Waals surface area (Å²) in [6, 6.07) is 4.50. The highest BCUT2D eigenvalue weighted by Gasteiger charge is 2.18. The monoisotopic (exact) mass is 285 g/mol. The lowest BCUT2D eigenvalue weighted by molar-refractivity contribution is 0.204. The number of nitrogens with zero attached hydrogens (tertiary/aromatic N) is 3. The number of aromatic nitrogens is 3. The topological polar surface area (TPSA) is 50.9 Å². The SMILES string of the molecule is Cn1nncc1C(O)c1ccc(Br)cc1F. The Morgan fingerprint density at radius 3 is 2.81 bits per heavy atom. The second-order valence-electron chi connectivity index (χ2n) is 3.35. The van der Waals surface area contributed by atoms with E-state index in [0.29, 0.717) is 10.2 Å². The number of halogens is 2. The van der Waals surface area contributed by atoms with Crippen molar-refractivity contribution in [3.8, 4) is 0 Å². The van der Waals surface area contributed by atoms with E-state index >= 15 is 0 Å². The Hall–Kier alpha value is -1.27. The van der Waals surface area contributed by atoms with Crippen molar-refractivity contribution < 1.29 is 9.50 Å². The van der Waals surface area contributed by atoms with Crippen LogP contribution in [-0.4, -0.2) is 20.1 Å². The molecule has 0 aliphatic heterocycles. The summed E-state index contributed by atoms with van der Waals surface area (Å²) in [5.74, 6) is -0.469. The van der Waals surface area contributed by atoms with Gasteiger partial charge in [0.25, 0.3) is 0 Å². The summed E-state index contributed by atoms with van der Waals surface area (Å²) in [4.78, 5) is 0. The van der Waals surface area contributed by atoms with Gasteiger partial charge in [-0.15, -0.1) is 5.10 Å². The van der Waals surface area contributed by atoms with Crippen LogP contribution in [0.1, 0.15) is 17.4 Å². The van der Waals surface area contributed by atoms with Gasteiger partial charge >= 0.3 is 0 Å². The molecule has 4 nitrogen and oxygen atoms in total. The lowest BCUT2D eigenvalue weighted by atomic mass is 10.1. The number of hydrogen-bond donors (Lipinski definition) is 1. The molecule has 1 unspecified atom stereocenters. The lowest BCUT2D eigenvalue weighted by Gasteiger charge is -2.11. The highest BCUT2D eigenvalue weighted by Crippen LogP contribution is 2.25. The van der Waals surface area contributed by atoms with Crippen molar-refractivity contribution in [1.29, 1.82) is 0 Å². The molecule has 0 saturated carbocycles. The first-order valence-electron chi connectivity index (χ1n) is 4.57. The fourth-order valence-electron chi connectivity index (χ4n) is 1.43. The summed E-state index contributed by atoms with van der Waals surface area (Å²) in [6.45, 7) is 0. The minimum atomic E-state index is -1.06. The molecule has 0 bridgehead atoms. The van der Waals surface area contributed by atoms with Gasteiger partial charge < -0.3 is 5.11 Å². The third kappa shape index (κ3) is 1.98. The molecule has 6 heteroatoms. The van der Waals surface area contributed by atoms with Crippen molar-refractivity contribution in [3.63, 3.8) is 0 Å². The number of benzene rings is 1. The number of rotatable bonds is 2. The molecule has 0 aliphatic carbocycles. The summed E-state index contributed by atoms with van der Waals surface area (Å²) in [7, 11) is 1.64. The fraction of sp³-hybridized carbons (Fsp3) is 0.200. The molecule has 1 heterocycles. The predicted molar refractivity (Wildman–Crippen MR) is 59.2 cm³/mol. The Kier molecular flexibility index (Phi) is 3.02. The minimum Gasteiger partial charge on any atom is -0.382 e. The van der Waals surface area contributed by atoms with Crippen molar-refractivity contribution in [3.05, 3.63) is 45.9 Å². The molecular formula is C10H9BrFN3O. The largest absolute Gasteiger partial charge is 0.382 e. The fourth-order valence-corrected chi connectivity index (χ4v) is 1.76.